The summed E-state index contributed by atoms with van der Waals surface area (Å²) in [5.41, 5.74) is 1.38. The number of nitrogens with one attached hydrogen (secondary N) is 1. The third kappa shape index (κ3) is 6.47. The summed E-state index contributed by atoms with van der Waals surface area (Å²) in [7, 11) is -2.08. The number of likely N-dealkylation sites (tertiary alicyclic amines) is 1. The Balaban J connectivity index is 1.64. The van der Waals surface area contributed by atoms with E-state index >= 15 is 0 Å². The molecule has 178 valence electrons. The zero-order chi connectivity index (χ0) is 23.8. The molecule has 1 aliphatic heterocycles. The second-order valence-electron chi connectivity index (χ2n) is 8.06. The second kappa shape index (κ2) is 11.2. The van der Waals surface area contributed by atoms with Gasteiger partial charge in [0.25, 0.3) is 5.91 Å². The van der Waals surface area contributed by atoms with E-state index in [-0.39, 0.29) is 24.8 Å². The first-order valence-electron chi connectivity index (χ1n) is 11.1. The van der Waals surface area contributed by atoms with Crippen LogP contribution in [0.3, 0.4) is 0 Å². The Hall–Kier alpha value is -3.07. The molecule has 0 radical (unpaired) electrons. The van der Waals surface area contributed by atoms with Crippen LogP contribution < -0.4 is 14.4 Å². The number of benzene rings is 2. The number of carbonyl (C=O) groups is 2. The molecule has 8 nitrogen and oxygen atoms in total. The molecular weight excluding hydrogens is 442 g/mol. The lowest BCUT2D eigenvalue weighted by Crippen LogP contribution is -2.36. The van der Waals surface area contributed by atoms with Gasteiger partial charge in [-0.05, 0) is 49.9 Å². The van der Waals surface area contributed by atoms with Gasteiger partial charge in [-0.25, -0.2) is 8.42 Å². The minimum Gasteiger partial charge on any atom is -0.495 e. The fraction of sp³-hybridized carbons (Fsp3) is 0.417. The minimum atomic E-state index is -3.57. The number of hydrogen-bond acceptors (Lipinski definition) is 5. The van der Waals surface area contributed by atoms with Gasteiger partial charge >= 0.3 is 0 Å². The van der Waals surface area contributed by atoms with Crippen molar-refractivity contribution in [1.29, 1.82) is 0 Å². The number of anilines is 2. The molecule has 0 bridgehead atoms. The van der Waals surface area contributed by atoms with Crippen molar-refractivity contribution < 1.29 is 22.7 Å². The van der Waals surface area contributed by atoms with Crippen molar-refractivity contribution in [2.45, 2.75) is 32.1 Å². The number of sulfonamides is 1. The van der Waals surface area contributed by atoms with Crippen LogP contribution in [0, 0.1) is 0 Å². The SMILES string of the molecule is COc1ccccc1N(CCCC(=O)Nc1ccccc1C(=O)N1CCCCC1)S(C)(=O)=O. The standard InChI is InChI=1S/C24H31N3O5S/c1-32-22-14-7-6-13-21(22)27(33(2,30)31)18-10-15-23(28)25-20-12-5-4-11-19(20)24(29)26-16-8-3-9-17-26/h4-7,11-14H,3,8-10,15-18H2,1-2H3,(H,25,28). The second-order valence-corrected chi connectivity index (χ2v) is 9.96. The first-order valence-corrected chi connectivity index (χ1v) is 12.9. The third-order valence-corrected chi connectivity index (χ3v) is 6.77. The summed E-state index contributed by atoms with van der Waals surface area (Å²) >= 11 is 0. The Labute approximate surface area is 195 Å². The molecule has 0 aliphatic carbocycles. The van der Waals surface area contributed by atoms with Crippen molar-refractivity contribution in [3.63, 3.8) is 0 Å². The summed E-state index contributed by atoms with van der Waals surface area (Å²) in [5.74, 6) is 0.0879. The lowest BCUT2D eigenvalue weighted by atomic mass is 10.1. The molecule has 0 spiro atoms. The van der Waals surface area contributed by atoms with Crippen LogP contribution >= 0.6 is 0 Å². The van der Waals surface area contributed by atoms with Crippen LogP contribution in [0.15, 0.2) is 48.5 Å². The quantitative estimate of drug-likeness (QED) is 0.601. The topological polar surface area (TPSA) is 96.0 Å². The predicted molar refractivity (Wildman–Crippen MR) is 129 cm³/mol. The molecule has 1 fully saturated rings. The van der Waals surface area contributed by atoms with Crippen LogP contribution in [0.25, 0.3) is 0 Å². The lowest BCUT2D eigenvalue weighted by molar-refractivity contribution is -0.116. The molecule has 0 atom stereocenters. The number of methoxy groups -OCH3 is 1. The lowest BCUT2D eigenvalue weighted by Gasteiger charge is -2.27. The molecule has 2 aromatic carbocycles. The zero-order valence-corrected chi connectivity index (χ0v) is 19.9. The molecule has 1 N–H and O–H groups in total. The third-order valence-electron chi connectivity index (χ3n) is 5.59. The summed E-state index contributed by atoms with van der Waals surface area (Å²) < 4.78 is 31.3. The van der Waals surface area contributed by atoms with Crippen molar-refractivity contribution in [3.8, 4) is 5.75 Å². The molecule has 3 rings (SSSR count). The van der Waals surface area contributed by atoms with Crippen molar-refractivity contribution in [3.05, 3.63) is 54.1 Å². The number of para-hydroxylation sites is 3. The van der Waals surface area contributed by atoms with Gasteiger partial charge in [0.05, 0.1) is 30.3 Å². The fourth-order valence-electron chi connectivity index (χ4n) is 3.94. The summed E-state index contributed by atoms with van der Waals surface area (Å²) in [6.07, 6.45) is 4.64. The van der Waals surface area contributed by atoms with Gasteiger partial charge < -0.3 is 15.0 Å². The highest BCUT2D eigenvalue weighted by atomic mass is 32.2. The average Bonchev–Trinajstić information content (AvgIpc) is 2.81. The van der Waals surface area contributed by atoms with E-state index in [1.54, 1.807) is 48.5 Å². The number of amides is 2. The van der Waals surface area contributed by atoms with E-state index in [0.29, 0.717) is 29.1 Å². The van der Waals surface area contributed by atoms with Crippen LogP contribution in [-0.2, 0) is 14.8 Å². The Bertz CT molecular complexity index is 1080. The van der Waals surface area contributed by atoms with E-state index in [4.69, 9.17) is 4.74 Å². The van der Waals surface area contributed by atoms with Crippen molar-refractivity contribution >= 4 is 33.2 Å². The molecular formula is C24H31N3O5S. The number of rotatable bonds is 9. The highest BCUT2D eigenvalue weighted by Crippen LogP contribution is 2.29. The molecule has 1 aliphatic rings. The van der Waals surface area contributed by atoms with Gasteiger partial charge in [-0.15, -0.1) is 0 Å². The molecule has 2 amide bonds. The molecule has 33 heavy (non-hydrogen) atoms. The largest absolute Gasteiger partial charge is 0.495 e. The smallest absolute Gasteiger partial charge is 0.255 e. The Morgan fingerprint density at radius 3 is 2.39 bits per heavy atom. The van der Waals surface area contributed by atoms with Crippen LogP contribution in [0.2, 0.25) is 0 Å². The first-order chi connectivity index (χ1) is 15.8. The maximum absolute atomic E-state index is 12.9. The molecule has 0 saturated carbocycles. The van der Waals surface area contributed by atoms with Crippen LogP contribution in [0.5, 0.6) is 5.75 Å². The maximum Gasteiger partial charge on any atom is 0.255 e. The highest BCUT2D eigenvalue weighted by Gasteiger charge is 2.23. The molecule has 1 saturated heterocycles. The molecule has 2 aromatic rings. The van der Waals surface area contributed by atoms with Crippen molar-refractivity contribution in [2.75, 3.05) is 42.6 Å². The van der Waals surface area contributed by atoms with Gasteiger partial charge in [-0.2, -0.15) is 0 Å². The maximum atomic E-state index is 12.9. The minimum absolute atomic E-state index is 0.0787. The van der Waals surface area contributed by atoms with Crippen LogP contribution in [0.4, 0.5) is 11.4 Å². The van der Waals surface area contributed by atoms with Crippen LogP contribution in [0.1, 0.15) is 42.5 Å². The van der Waals surface area contributed by atoms with E-state index in [1.165, 1.54) is 11.4 Å². The van der Waals surface area contributed by atoms with E-state index in [9.17, 15) is 18.0 Å². The number of ether oxygens (including phenoxy) is 1. The molecule has 9 heteroatoms. The summed E-state index contributed by atoms with van der Waals surface area (Å²) in [4.78, 5) is 27.4. The van der Waals surface area contributed by atoms with Crippen molar-refractivity contribution in [1.82, 2.24) is 4.90 Å². The van der Waals surface area contributed by atoms with Gasteiger partial charge in [0.1, 0.15) is 5.75 Å². The van der Waals surface area contributed by atoms with Gasteiger partial charge in [-0.3, -0.25) is 13.9 Å². The summed E-state index contributed by atoms with van der Waals surface area (Å²) in [6.45, 7) is 1.58. The van der Waals surface area contributed by atoms with Gasteiger partial charge in [0.2, 0.25) is 15.9 Å². The van der Waals surface area contributed by atoms with E-state index in [1.807, 2.05) is 4.90 Å². The highest BCUT2D eigenvalue weighted by molar-refractivity contribution is 7.92. The number of hydrogen-bond donors (Lipinski definition) is 1. The van der Waals surface area contributed by atoms with Gasteiger partial charge in [0.15, 0.2) is 0 Å². The van der Waals surface area contributed by atoms with Crippen LogP contribution in [-0.4, -0.2) is 58.1 Å². The normalized spacial score (nSPS) is 13.9. The van der Waals surface area contributed by atoms with E-state index < -0.39 is 10.0 Å². The van der Waals surface area contributed by atoms with E-state index in [2.05, 4.69) is 5.32 Å². The van der Waals surface area contributed by atoms with Gasteiger partial charge in [-0.1, -0.05) is 24.3 Å². The molecule has 0 aromatic heterocycles. The number of carbonyl (C=O) groups excluding carboxylic acids is 2. The Morgan fingerprint density at radius 2 is 1.70 bits per heavy atom. The Kier molecular flexibility index (Phi) is 8.32. The number of nitrogens with zero attached hydrogens (tertiary/aromatic N) is 2. The Morgan fingerprint density at radius 1 is 1.03 bits per heavy atom. The van der Waals surface area contributed by atoms with Gasteiger partial charge in [0, 0.05) is 26.1 Å². The fourth-order valence-corrected chi connectivity index (χ4v) is 4.91. The van der Waals surface area contributed by atoms with Crippen molar-refractivity contribution in [2.24, 2.45) is 0 Å². The monoisotopic (exact) mass is 473 g/mol. The summed E-state index contributed by atoms with van der Waals surface area (Å²) in [6, 6.07) is 13.9. The number of piperidine rings is 1. The molecule has 0 unspecified atom stereocenters. The predicted octanol–water partition coefficient (Wildman–Crippen LogP) is 3.51. The average molecular weight is 474 g/mol. The molecule has 1 heterocycles. The van der Waals surface area contributed by atoms with E-state index in [0.717, 1.165) is 38.6 Å². The summed E-state index contributed by atoms with van der Waals surface area (Å²) in [5, 5.41) is 2.83. The first kappa shape index (κ1) is 24.6. The zero-order valence-electron chi connectivity index (χ0n) is 19.1.